The molecule has 0 amide bonds. The Labute approximate surface area is 122 Å². The Morgan fingerprint density at radius 1 is 1.29 bits per heavy atom. The molecule has 2 aromatic heterocycles. The van der Waals surface area contributed by atoms with Crippen molar-refractivity contribution < 1.29 is 13.5 Å². The molecule has 2 aromatic rings. The Morgan fingerprint density at radius 3 is 2.52 bits per heavy atom. The van der Waals surface area contributed by atoms with Gasteiger partial charge in [0.15, 0.2) is 0 Å². The Hall–Kier alpha value is -2.00. The van der Waals surface area contributed by atoms with Gasteiger partial charge in [0.05, 0.1) is 18.0 Å². The first-order valence-corrected chi connectivity index (χ1v) is 7.86. The lowest BCUT2D eigenvalue weighted by Crippen LogP contribution is -2.16. The van der Waals surface area contributed by atoms with Crippen LogP contribution in [0.1, 0.15) is 24.0 Å². The van der Waals surface area contributed by atoms with Crippen LogP contribution < -0.4 is 4.72 Å². The highest BCUT2D eigenvalue weighted by Crippen LogP contribution is 2.17. The molecule has 0 bridgehead atoms. The number of hydrogen-bond donors (Lipinski definition) is 2. The highest BCUT2D eigenvalue weighted by Gasteiger charge is 2.19. The number of rotatable bonds is 5. The molecule has 8 nitrogen and oxygen atoms in total. The molecule has 0 atom stereocenters. The van der Waals surface area contributed by atoms with Gasteiger partial charge < -0.3 is 9.67 Å². The lowest BCUT2D eigenvalue weighted by molar-refractivity contribution is 0.271. The van der Waals surface area contributed by atoms with E-state index >= 15 is 0 Å². The van der Waals surface area contributed by atoms with Gasteiger partial charge in [0.1, 0.15) is 4.90 Å². The van der Waals surface area contributed by atoms with Gasteiger partial charge in [-0.3, -0.25) is 0 Å². The molecule has 2 N–H and O–H groups in total. The third kappa shape index (κ3) is 3.19. The number of aryl methyl sites for hydroxylation is 3. The maximum atomic E-state index is 12.3. The molecule has 2 heterocycles. The van der Waals surface area contributed by atoms with E-state index in [-0.39, 0.29) is 17.5 Å². The lowest BCUT2D eigenvalue weighted by atomic mass is 10.4. The second kappa shape index (κ2) is 5.78. The lowest BCUT2D eigenvalue weighted by Gasteiger charge is -2.05. The fourth-order valence-corrected chi connectivity index (χ4v) is 2.78. The summed E-state index contributed by atoms with van der Waals surface area (Å²) in [5, 5.41) is 16.8. The van der Waals surface area contributed by atoms with Crippen LogP contribution in [0.15, 0.2) is 17.2 Å². The fraction of sp³-hybridized carbons (Fsp3) is 0.417. The van der Waals surface area contributed by atoms with E-state index in [9.17, 15) is 13.5 Å². The van der Waals surface area contributed by atoms with E-state index < -0.39 is 10.0 Å². The van der Waals surface area contributed by atoms with Crippen molar-refractivity contribution in [3.8, 4) is 0 Å². The van der Waals surface area contributed by atoms with Crippen LogP contribution in [0.5, 0.6) is 0 Å². The van der Waals surface area contributed by atoms with Crippen LogP contribution in [0.4, 0.5) is 5.95 Å². The van der Waals surface area contributed by atoms with Crippen LogP contribution in [0.2, 0.25) is 0 Å². The minimum atomic E-state index is -3.81. The average Bonchev–Trinajstić information content (AvgIpc) is 2.86. The third-order valence-electron chi connectivity index (χ3n) is 3.09. The quantitative estimate of drug-likeness (QED) is 0.837. The van der Waals surface area contributed by atoms with Gasteiger partial charge in [-0.1, -0.05) is 0 Å². The SMILES string of the molecule is CCn1cc(S(=O)(=O)Nc2nnc(C)c(C)n2)cc1CO. The summed E-state index contributed by atoms with van der Waals surface area (Å²) >= 11 is 0. The fourth-order valence-electron chi connectivity index (χ4n) is 1.78. The Kier molecular flexibility index (Phi) is 4.24. The molecule has 0 fully saturated rings. The van der Waals surface area contributed by atoms with Gasteiger partial charge in [-0.25, -0.2) is 18.1 Å². The van der Waals surface area contributed by atoms with Crippen molar-refractivity contribution in [3.05, 3.63) is 29.3 Å². The molecule has 9 heteroatoms. The highest BCUT2D eigenvalue weighted by molar-refractivity contribution is 7.92. The molecule has 21 heavy (non-hydrogen) atoms. The van der Waals surface area contributed by atoms with Crippen LogP contribution >= 0.6 is 0 Å². The normalized spacial score (nSPS) is 11.6. The molecule has 0 aliphatic carbocycles. The van der Waals surface area contributed by atoms with E-state index in [1.165, 1.54) is 12.3 Å². The zero-order chi connectivity index (χ0) is 15.6. The van der Waals surface area contributed by atoms with Crippen LogP contribution in [0.3, 0.4) is 0 Å². The van der Waals surface area contributed by atoms with Crippen molar-refractivity contribution in [1.29, 1.82) is 0 Å². The third-order valence-corrected chi connectivity index (χ3v) is 4.39. The van der Waals surface area contributed by atoms with Crippen LogP contribution in [-0.4, -0.2) is 33.3 Å². The highest BCUT2D eigenvalue weighted by atomic mass is 32.2. The number of sulfonamides is 1. The monoisotopic (exact) mass is 311 g/mol. The largest absolute Gasteiger partial charge is 0.390 e. The molecule has 0 saturated carbocycles. The van der Waals surface area contributed by atoms with E-state index in [1.54, 1.807) is 18.4 Å². The molecular weight excluding hydrogens is 294 g/mol. The maximum absolute atomic E-state index is 12.3. The predicted octanol–water partition coefficient (Wildman–Crippen LogP) is 0.603. The molecule has 0 saturated heterocycles. The first-order valence-electron chi connectivity index (χ1n) is 6.38. The van der Waals surface area contributed by atoms with Gasteiger partial charge in [0.2, 0.25) is 0 Å². The second-order valence-corrected chi connectivity index (χ2v) is 6.21. The number of anilines is 1. The van der Waals surface area contributed by atoms with Gasteiger partial charge in [-0.2, -0.15) is 5.10 Å². The van der Waals surface area contributed by atoms with E-state index in [1.807, 2.05) is 6.92 Å². The average molecular weight is 311 g/mol. The standard InChI is InChI=1S/C12H17N5O3S/c1-4-17-6-11(5-10(17)7-18)21(19,20)16-12-13-8(2)9(3)14-15-12/h5-6,18H,4,7H2,1-3H3,(H,13,15,16). The summed E-state index contributed by atoms with van der Waals surface area (Å²) in [4.78, 5) is 4.08. The van der Waals surface area contributed by atoms with Gasteiger partial charge in [-0.15, -0.1) is 5.10 Å². The van der Waals surface area contributed by atoms with Crippen molar-refractivity contribution in [2.75, 3.05) is 4.72 Å². The summed E-state index contributed by atoms with van der Waals surface area (Å²) in [5.41, 5.74) is 1.76. The summed E-state index contributed by atoms with van der Waals surface area (Å²) in [5.74, 6) is -0.0760. The van der Waals surface area contributed by atoms with Gasteiger partial charge in [-0.05, 0) is 26.8 Å². The van der Waals surface area contributed by atoms with Gasteiger partial charge in [0.25, 0.3) is 16.0 Å². The molecule has 114 valence electrons. The zero-order valence-corrected chi connectivity index (χ0v) is 12.8. The van der Waals surface area contributed by atoms with Gasteiger partial charge in [0, 0.05) is 18.4 Å². The predicted molar refractivity (Wildman–Crippen MR) is 76.1 cm³/mol. The Morgan fingerprint density at radius 2 is 2.00 bits per heavy atom. The van der Waals surface area contributed by atoms with E-state index in [0.29, 0.717) is 23.6 Å². The first-order chi connectivity index (χ1) is 9.87. The van der Waals surface area contributed by atoms with Crippen molar-refractivity contribution in [1.82, 2.24) is 19.7 Å². The number of aliphatic hydroxyl groups is 1. The van der Waals surface area contributed by atoms with E-state index in [4.69, 9.17) is 0 Å². The Bertz CT molecular complexity index is 733. The summed E-state index contributed by atoms with van der Waals surface area (Å²) in [6, 6.07) is 1.42. The van der Waals surface area contributed by atoms with Crippen molar-refractivity contribution in [2.45, 2.75) is 38.8 Å². The molecular formula is C12H17N5O3S. The van der Waals surface area contributed by atoms with E-state index in [0.717, 1.165) is 0 Å². The number of aromatic nitrogens is 4. The second-order valence-electron chi connectivity index (χ2n) is 4.52. The summed E-state index contributed by atoms with van der Waals surface area (Å²) in [7, 11) is -3.81. The molecule has 0 spiro atoms. The molecule has 0 aliphatic rings. The molecule has 0 aliphatic heterocycles. The van der Waals surface area contributed by atoms with Crippen molar-refractivity contribution in [3.63, 3.8) is 0 Å². The maximum Gasteiger partial charge on any atom is 0.265 e. The summed E-state index contributed by atoms with van der Waals surface area (Å²) in [6.07, 6.45) is 1.46. The summed E-state index contributed by atoms with van der Waals surface area (Å²) < 4.78 is 28.5. The summed E-state index contributed by atoms with van der Waals surface area (Å²) in [6.45, 7) is 5.65. The molecule has 0 unspecified atom stereocenters. The van der Waals surface area contributed by atoms with E-state index in [2.05, 4.69) is 19.9 Å². The zero-order valence-electron chi connectivity index (χ0n) is 12.0. The van der Waals surface area contributed by atoms with Crippen LogP contribution in [-0.2, 0) is 23.2 Å². The minimum Gasteiger partial charge on any atom is -0.390 e. The molecule has 0 aromatic carbocycles. The molecule has 0 radical (unpaired) electrons. The smallest absolute Gasteiger partial charge is 0.265 e. The number of aliphatic hydroxyl groups excluding tert-OH is 1. The number of nitrogens with zero attached hydrogens (tertiary/aromatic N) is 4. The van der Waals surface area contributed by atoms with Crippen LogP contribution in [0, 0.1) is 13.8 Å². The first kappa shape index (κ1) is 15.4. The molecule has 2 rings (SSSR count). The van der Waals surface area contributed by atoms with Gasteiger partial charge >= 0.3 is 0 Å². The van der Waals surface area contributed by atoms with Crippen LogP contribution in [0.25, 0.3) is 0 Å². The number of hydrogen-bond acceptors (Lipinski definition) is 6. The topological polar surface area (TPSA) is 110 Å². The Balaban J connectivity index is 2.33. The van der Waals surface area contributed by atoms with Crippen molar-refractivity contribution in [2.24, 2.45) is 0 Å². The minimum absolute atomic E-state index is 0.0511. The van der Waals surface area contributed by atoms with Crippen molar-refractivity contribution >= 4 is 16.0 Å². The number of nitrogens with one attached hydrogen (secondary N) is 1.